The standard InChI is InChI=1S/C21H26N6O3/c1-26(2)8-4-5-19(28)23-14-7-6-13-9-17(25-16(13)10-14)21(30)24-15-11-18(20(22)29)27(3)12-15/h6-7,9-12,25H,4-5,8H2,1-3H3,(H2,22,29)(H,23,28)(H,24,30). The molecule has 5 N–H and O–H groups in total. The van der Waals surface area contributed by atoms with Crippen molar-refractivity contribution in [2.45, 2.75) is 12.8 Å². The number of carbonyl (C=O) groups excluding carboxylic acids is 3. The van der Waals surface area contributed by atoms with Crippen LogP contribution in [0.2, 0.25) is 0 Å². The summed E-state index contributed by atoms with van der Waals surface area (Å²) in [5.74, 6) is -0.961. The van der Waals surface area contributed by atoms with Gasteiger partial charge in [0.1, 0.15) is 11.4 Å². The van der Waals surface area contributed by atoms with Crippen LogP contribution in [0.1, 0.15) is 33.8 Å². The molecule has 1 aromatic carbocycles. The van der Waals surface area contributed by atoms with E-state index in [2.05, 4.69) is 15.6 Å². The molecular formula is C21H26N6O3. The van der Waals surface area contributed by atoms with Crippen LogP contribution < -0.4 is 16.4 Å². The van der Waals surface area contributed by atoms with Crippen molar-refractivity contribution < 1.29 is 14.4 Å². The van der Waals surface area contributed by atoms with Gasteiger partial charge in [0, 0.05) is 36.3 Å². The summed E-state index contributed by atoms with van der Waals surface area (Å²) in [7, 11) is 5.62. The predicted octanol–water partition coefficient (Wildman–Crippen LogP) is 2.14. The van der Waals surface area contributed by atoms with E-state index in [0.717, 1.165) is 23.9 Å². The highest BCUT2D eigenvalue weighted by Crippen LogP contribution is 2.21. The summed E-state index contributed by atoms with van der Waals surface area (Å²) in [6, 6.07) is 8.69. The number of carbonyl (C=O) groups is 3. The van der Waals surface area contributed by atoms with Gasteiger partial charge >= 0.3 is 0 Å². The zero-order valence-electron chi connectivity index (χ0n) is 17.3. The van der Waals surface area contributed by atoms with E-state index >= 15 is 0 Å². The lowest BCUT2D eigenvalue weighted by Crippen LogP contribution is -2.17. The normalized spacial score (nSPS) is 11.1. The molecular weight excluding hydrogens is 384 g/mol. The van der Waals surface area contributed by atoms with Crippen LogP contribution in [-0.4, -0.2) is 52.8 Å². The molecule has 3 rings (SSSR count). The summed E-state index contributed by atoms with van der Waals surface area (Å²) in [6.45, 7) is 0.851. The highest BCUT2D eigenvalue weighted by atomic mass is 16.2. The van der Waals surface area contributed by atoms with Gasteiger partial charge in [-0.2, -0.15) is 0 Å². The number of benzene rings is 1. The molecule has 0 unspecified atom stereocenters. The molecule has 0 atom stereocenters. The van der Waals surface area contributed by atoms with Crippen molar-refractivity contribution in [2.75, 3.05) is 31.3 Å². The summed E-state index contributed by atoms with van der Waals surface area (Å²) in [4.78, 5) is 41.1. The molecule has 0 saturated carbocycles. The van der Waals surface area contributed by atoms with Gasteiger partial charge in [-0.05, 0) is 51.3 Å². The number of anilines is 2. The van der Waals surface area contributed by atoms with Crippen molar-refractivity contribution in [3.63, 3.8) is 0 Å². The van der Waals surface area contributed by atoms with Crippen molar-refractivity contribution in [2.24, 2.45) is 12.8 Å². The number of amides is 3. The number of nitrogens with two attached hydrogens (primary N) is 1. The van der Waals surface area contributed by atoms with Gasteiger partial charge in [0.05, 0.1) is 5.69 Å². The number of primary amides is 1. The molecule has 0 saturated heterocycles. The smallest absolute Gasteiger partial charge is 0.272 e. The first-order chi connectivity index (χ1) is 14.2. The molecule has 0 aliphatic heterocycles. The Bertz CT molecular complexity index is 1100. The Balaban J connectivity index is 1.68. The minimum atomic E-state index is -0.570. The Morgan fingerprint density at radius 2 is 1.87 bits per heavy atom. The van der Waals surface area contributed by atoms with E-state index in [-0.39, 0.29) is 11.8 Å². The first-order valence-electron chi connectivity index (χ1n) is 9.58. The summed E-state index contributed by atoms with van der Waals surface area (Å²) in [5, 5.41) is 6.47. The van der Waals surface area contributed by atoms with E-state index < -0.39 is 5.91 Å². The first kappa shape index (κ1) is 21.1. The molecule has 3 aromatic rings. The van der Waals surface area contributed by atoms with E-state index in [0.29, 0.717) is 29.2 Å². The van der Waals surface area contributed by atoms with Crippen LogP contribution in [-0.2, 0) is 11.8 Å². The van der Waals surface area contributed by atoms with Gasteiger partial charge in [-0.15, -0.1) is 0 Å². The molecule has 2 heterocycles. The van der Waals surface area contributed by atoms with Gasteiger partial charge in [-0.25, -0.2) is 0 Å². The average molecular weight is 410 g/mol. The lowest BCUT2D eigenvalue weighted by atomic mass is 10.2. The van der Waals surface area contributed by atoms with E-state index in [1.807, 2.05) is 25.1 Å². The lowest BCUT2D eigenvalue weighted by Gasteiger charge is -2.09. The third-order valence-electron chi connectivity index (χ3n) is 4.68. The minimum Gasteiger partial charge on any atom is -0.364 e. The van der Waals surface area contributed by atoms with Crippen LogP contribution in [0.25, 0.3) is 10.9 Å². The maximum atomic E-state index is 12.6. The zero-order valence-corrected chi connectivity index (χ0v) is 17.3. The van der Waals surface area contributed by atoms with Crippen molar-refractivity contribution in [1.82, 2.24) is 14.5 Å². The maximum absolute atomic E-state index is 12.6. The van der Waals surface area contributed by atoms with E-state index in [1.54, 1.807) is 36.0 Å². The fourth-order valence-corrected chi connectivity index (χ4v) is 3.18. The van der Waals surface area contributed by atoms with Crippen molar-refractivity contribution in [3.05, 3.63) is 47.9 Å². The van der Waals surface area contributed by atoms with Crippen LogP contribution in [0.4, 0.5) is 11.4 Å². The van der Waals surface area contributed by atoms with Gasteiger partial charge in [-0.3, -0.25) is 14.4 Å². The van der Waals surface area contributed by atoms with E-state index in [9.17, 15) is 14.4 Å². The Hall–Kier alpha value is -3.59. The molecule has 9 heteroatoms. The van der Waals surface area contributed by atoms with E-state index in [1.165, 1.54) is 6.07 Å². The lowest BCUT2D eigenvalue weighted by molar-refractivity contribution is -0.116. The maximum Gasteiger partial charge on any atom is 0.272 e. The van der Waals surface area contributed by atoms with Crippen molar-refractivity contribution in [1.29, 1.82) is 0 Å². The highest BCUT2D eigenvalue weighted by molar-refractivity contribution is 6.07. The quantitative estimate of drug-likeness (QED) is 0.454. The Morgan fingerprint density at radius 3 is 2.53 bits per heavy atom. The van der Waals surface area contributed by atoms with Crippen LogP contribution >= 0.6 is 0 Å². The second-order valence-electron chi connectivity index (χ2n) is 7.48. The largest absolute Gasteiger partial charge is 0.364 e. The van der Waals surface area contributed by atoms with Crippen LogP contribution in [0.15, 0.2) is 36.5 Å². The molecule has 158 valence electrons. The average Bonchev–Trinajstić information content (AvgIpc) is 3.24. The fraction of sp³-hybridized carbons (Fsp3) is 0.286. The number of aromatic nitrogens is 2. The van der Waals surface area contributed by atoms with Crippen LogP contribution in [0.5, 0.6) is 0 Å². The predicted molar refractivity (Wildman–Crippen MR) is 117 cm³/mol. The number of fused-ring (bicyclic) bond motifs is 1. The number of H-pyrrole nitrogens is 1. The van der Waals surface area contributed by atoms with Gasteiger partial charge in [-0.1, -0.05) is 6.07 Å². The summed E-state index contributed by atoms with van der Waals surface area (Å²) >= 11 is 0. The van der Waals surface area contributed by atoms with Gasteiger partial charge in [0.25, 0.3) is 11.8 Å². The molecule has 0 spiro atoms. The Labute approximate surface area is 174 Å². The van der Waals surface area contributed by atoms with Crippen LogP contribution in [0.3, 0.4) is 0 Å². The van der Waals surface area contributed by atoms with Gasteiger partial charge < -0.3 is 30.8 Å². The van der Waals surface area contributed by atoms with Gasteiger partial charge in [0.15, 0.2) is 0 Å². The third kappa shape index (κ3) is 5.06. The molecule has 0 aliphatic carbocycles. The first-order valence-corrected chi connectivity index (χ1v) is 9.58. The minimum absolute atomic E-state index is 0.0462. The number of hydrogen-bond donors (Lipinski definition) is 4. The number of hydrogen-bond acceptors (Lipinski definition) is 4. The number of aromatic amines is 1. The topological polar surface area (TPSA) is 125 Å². The molecule has 0 bridgehead atoms. The number of aryl methyl sites for hydroxylation is 1. The number of nitrogens with zero attached hydrogens (tertiary/aromatic N) is 2. The van der Waals surface area contributed by atoms with E-state index in [4.69, 9.17) is 5.73 Å². The molecule has 30 heavy (non-hydrogen) atoms. The molecule has 2 aromatic heterocycles. The number of rotatable bonds is 8. The Morgan fingerprint density at radius 1 is 1.10 bits per heavy atom. The molecule has 0 aliphatic rings. The van der Waals surface area contributed by atoms with Crippen molar-refractivity contribution >= 4 is 40.0 Å². The zero-order chi connectivity index (χ0) is 21.8. The van der Waals surface area contributed by atoms with Gasteiger partial charge in [0.2, 0.25) is 5.91 Å². The highest BCUT2D eigenvalue weighted by Gasteiger charge is 2.14. The molecule has 0 radical (unpaired) electrons. The number of nitrogens with one attached hydrogen (secondary N) is 3. The third-order valence-corrected chi connectivity index (χ3v) is 4.68. The summed E-state index contributed by atoms with van der Waals surface area (Å²) in [6.07, 6.45) is 2.84. The summed E-state index contributed by atoms with van der Waals surface area (Å²) in [5.41, 5.74) is 7.84. The Kier molecular flexibility index (Phi) is 6.22. The molecule has 9 nitrogen and oxygen atoms in total. The van der Waals surface area contributed by atoms with Crippen LogP contribution in [0, 0.1) is 0 Å². The monoisotopic (exact) mass is 410 g/mol. The SMILES string of the molecule is CN(C)CCCC(=O)Nc1ccc2cc(C(=O)Nc3cc(C(N)=O)n(C)c3)[nH]c2c1. The fourth-order valence-electron chi connectivity index (χ4n) is 3.18. The molecule has 3 amide bonds. The van der Waals surface area contributed by atoms with Crippen molar-refractivity contribution in [3.8, 4) is 0 Å². The second kappa shape index (κ2) is 8.83. The second-order valence-corrected chi connectivity index (χ2v) is 7.48. The summed E-state index contributed by atoms with van der Waals surface area (Å²) < 4.78 is 1.55. The molecule has 0 fully saturated rings.